The average molecular weight is 425 g/mol. The van der Waals surface area contributed by atoms with Gasteiger partial charge >= 0.3 is 0 Å². The lowest BCUT2D eigenvalue weighted by Crippen LogP contribution is -2.40. The summed E-state index contributed by atoms with van der Waals surface area (Å²) in [6, 6.07) is 5.24. The number of aromatic amines is 1. The van der Waals surface area contributed by atoms with Gasteiger partial charge in [0.2, 0.25) is 0 Å². The largest absolute Gasteiger partial charge is 0.493 e. The van der Waals surface area contributed by atoms with Crippen molar-refractivity contribution in [1.82, 2.24) is 24.6 Å². The van der Waals surface area contributed by atoms with Crippen LogP contribution in [0, 0.1) is 0 Å². The van der Waals surface area contributed by atoms with Gasteiger partial charge in [-0.15, -0.1) is 0 Å². The Morgan fingerprint density at radius 3 is 2.74 bits per heavy atom. The van der Waals surface area contributed by atoms with Gasteiger partial charge in [-0.1, -0.05) is 13.3 Å². The van der Waals surface area contributed by atoms with Crippen molar-refractivity contribution in [3.8, 4) is 17.1 Å². The molecule has 2 aromatic heterocycles. The third kappa shape index (κ3) is 4.05. The molecule has 1 aliphatic rings. The molecule has 0 spiro atoms. The summed E-state index contributed by atoms with van der Waals surface area (Å²) in [5, 5.41) is 4.47. The number of H-pyrrole nitrogens is 1. The lowest BCUT2D eigenvalue weighted by molar-refractivity contribution is 0.0303. The molecule has 0 bridgehead atoms. The van der Waals surface area contributed by atoms with Crippen LogP contribution in [0.1, 0.15) is 36.3 Å². The van der Waals surface area contributed by atoms with Gasteiger partial charge in [0, 0.05) is 25.7 Å². The van der Waals surface area contributed by atoms with E-state index in [1.54, 1.807) is 34.8 Å². The van der Waals surface area contributed by atoms with E-state index < -0.39 is 0 Å². The van der Waals surface area contributed by atoms with Crippen LogP contribution in [-0.4, -0.2) is 63.5 Å². The van der Waals surface area contributed by atoms with Gasteiger partial charge in [0.05, 0.1) is 31.1 Å². The van der Waals surface area contributed by atoms with Gasteiger partial charge in [-0.25, -0.2) is 4.98 Å². The Morgan fingerprint density at radius 2 is 2.03 bits per heavy atom. The van der Waals surface area contributed by atoms with E-state index in [-0.39, 0.29) is 11.5 Å². The number of ether oxygens (including phenoxy) is 2. The Balaban J connectivity index is 1.83. The van der Waals surface area contributed by atoms with Crippen molar-refractivity contribution in [2.24, 2.45) is 7.05 Å². The summed E-state index contributed by atoms with van der Waals surface area (Å²) < 4.78 is 12.7. The topological polar surface area (TPSA) is 102 Å². The molecule has 1 amide bonds. The monoisotopic (exact) mass is 425 g/mol. The second kappa shape index (κ2) is 8.89. The molecule has 0 radical (unpaired) electrons. The first-order valence-corrected chi connectivity index (χ1v) is 10.6. The van der Waals surface area contributed by atoms with Crippen LogP contribution in [-0.2, 0) is 18.2 Å². The van der Waals surface area contributed by atoms with E-state index in [9.17, 15) is 9.59 Å². The molecule has 1 N–H and O–H groups in total. The van der Waals surface area contributed by atoms with E-state index in [0.717, 1.165) is 18.5 Å². The molecule has 0 unspecified atom stereocenters. The van der Waals surface area contributed by atoms with Crippen LogP contribution in [0.3, 0.4) is 0 Å². The number of benzene rings is 1. The van der Waals surface area contributed by atoms with E-state index in [4.69, 9.17) is 14.5 Å². The quantitative estimate of drug-likeness (QED) is 0.649. The molecule has 0 atom stereocenters. The van der Waals surface area contributed by atoms with Crippen LogP contribution >= 0.6 is 0 Å². The Bertz CT molecular complexity index is 1160. The zero-order valence-corrected chi connectivity index (χ0v) is 18.1. The van der Waals surface area contributed by atoms with Gasteiger partial charge < -0.3 is 19.4 Å². The molecule has 1 saturated heterocycles. The van der Waals surface area contributed by atoms with Crippen molar-refractivity contribution in [1.29, 1.82) is 0 Å². The van der Waals surface area contributed by atoms with E-state index in [1.165, 1.54) is 0 Å². The van der Waals surface area contributed by atoms with Crippen LogP contribution < -0.4 is 10.3 Å². The standard InChI is InChI=1S/C22H27N5O4/c1-4-6-16-18-19(26(3)25-16)21(28)24-20(23-18)15-13-14(7-8-17(15)31-5-2)22(29)27-9-11-30-12-10-27/h7-8,13H,4-6,9-12H2,1-3H3,(H,23,24,28). The number of aryl methyl sites for hydroxylation is 2. The second-order valence-corrected chi connectivity index (χ2v) is 7.48. The fraction of sp³-hybridized carbons (Fsp3) is 0.455. The van der Waals surface area contributed by atoms with E-state index >= 15 is 0 Å². The summed E-state index contributed by atoms with van der Waals surface area (Å²) in [5.41, 5.74) is 2.62. The summed E-state index contributed by atoms with van der Waals surface area (Å²) in [4.78, 5) is 35.2. The molecule has 3 aromatic rings. The predicted molar refractivity (Wildman–Crippen MR) is 116 cm³/mol. The summed E-state index contributed by atoms with van der Waals surface area (Å²) >= 11 is 0. The van der Waals surface area contributed by atoms with Crippen LogP contribution in [0.2, 0.25) is 0 Å². The molecule has 1 aliphatic heterocycles. The van der Waals surface area contributed by atoms with Gasteiger partial charge in [-0.05, 0) is 31.5 Å². The number of rotatable bonds is 6. The van der Waals surface area contributed by atoms with Gasteiger partial charge in [0.1, 0.15) is 17.1 Å². The number of nitrogens with one attached hydrogen (secondary N) is 1. The van der Waals surface area contributed by atoms with E-state index in [1.807, 2.05) is 6.92 Å². The fourth-order valence-electron chi connectivity index (χ4n) is 3.86. The van der Waals surface area contributed by atoms with Crippen LogP contribution in [0.4, 0.5) is 0 Å². The van der Waals surface area contributed by atoms with Crippen molar-refractivity contribution in [2.75, 3.05) is 32.9 Å². The van der Waals surface area contributed by atoms with Crippen molar-refractivity contribution in [3.63, 3.8) is 0 Å². The average Bonchev–Trinajstić information content (AvgIpc) is 3.10. The first kappa shape index (κ1) is 21.0. The van der Waals surface area contributed by atoms with Gasteiger partial charge in [-0.2, -0.15) is 5.10 Å². The minimum absolute atomic E-state index is 0.0796. The SMILES string of the molecule is CCCc1nn(C)c2c(=O)[nH]c(-c3cc(C(=O)N4CCOCC4)ccc3OCC)nc12. The fourth-order valence-corrected chi connectivity index (χ4v) is 3.86. The van der Waals surface area contributed by atoms with E-state index in [2.05, 4.69) is 17.0 Å². The highest BCUT2D eigenvalue weighted by Crippen LogP contribution is 2.30. The third-order valence-corrected chi connectivity index (χ3v) is 5.33. The molecular formula is C22H27N5O4. The zero-order valence-electron chi connectivity index (χ0n) is 18.1. The molecular weight excluding hydrogens is 398 g/mol. The van der Waals surface area contributed by atoms with Crippen LogP contribution in [0.5, 0.6) is 5.75 Å². The Kier molecular flexibility index (Phi) is 6.03. The highest BCUT2D eigenvalue weighted by Gasteiger charge is 2.22. The molecule has 9 heteroatoms. The number of aromatic nitrogens is 4. The Hall–Kier alpha value is -3.20. The number of amides is 1. The summed E-state index contributed by atoms with van der Waals surface area (Å²) in [6.45, 7) is 6.56. The van der Waals surface area contributed by atoms with E-state index in [0.29, 0.717) is 66.6 Å². The smallest absolute Gasteiger partial charge is 0.277 e. The first-order valence-electron chi connectivity index (χ1n) is 10.6. The maximum atomic E-state index is 13.0. The number of carbonyl (C=O) groups excluding carboxylic acids is 1. The molecule has 4 rings (SSSR count). The predicted octanol–water partition coefficient (Wildman–Crippen LogP) is 2.15. The van der Waals surface area contributed by atoms with Crippen molar-refractivity contribution in [3.05, 3.63) is 39.8 Å². The Morgan fingerprint density at radius 1 is 1.26 bits per heavy atom. The highest BCUT2D eigenvalue weighted by atomic mass is 16.5. The van der Waals surface area contributed by atoms with Crippen LogP contribution in [0.25, 0.3) is 22.4 Å². The molecule has 0 saturated carbocycles. The molecule has 0 aliphatic carbocycles. The van der Waals surface area contributed by atoms with Crippen molar-refractivity contribution < 1.29 is 14.3 Å². The normalized spacial score (nSPS) is 14.2. The minimum Gasteiger partial charge on any atom is -0.493 e. The van der Waals surface area contributed by atoms with Gasteiger partial charge in [0.25, 0.3) is 11.5 Å². The lowest BCUT2D eigenvalue weighted by Gasteiger charge is -2.27. The Labute approximate surface area is 180 Å². The third-order valence-electron chi connectivity index (χ3n) is 5.33. The number of fused-ring (bicyclic) bond motifs is 1. The van der Waals surface area contributed by atoms with Crippen LogP contribution in [0.15, 0.2) is 23.0 Å². The number of carbonyl (C=O) groups is 1. The number of morpholine rings is 1. The number of hydrogen-bond acceptors (Lipinski definition) is 6. The maximum Gasteiger partial charge on any atom is 0.277 e. The molecule has 3 heterocycles. The summed E-state index contributed by atoms with van der Waals surface area (Å²) in [7, 11) is 1.74. The minimum atomic E-state index is -0.273. The molecule has 31 heavy (non-hydrogen) atoms. The zero-order chi connectivity index (χ0) is 22.0. The first-order chi connectivity index (χ1) is 15.0. The number of nitrogens with zero attached hydrogens (tertiary/aromatic N) is 4. The summed E-state index contributed by atoms with van der Waals surface area (Å²) in [6.07, 6.45) is 1.62. The maximum absolute atomic E-state index is 13.0. The van der Waals surface area contributed by atoms with Gasteiger partial charge in [0.15, 0.2) is 5.52 Å². The van der Waals surface area contributed by atoms with Crippen molar-refractivity contribution >= 4 is 16.9 Å². The molecule has 1 fully saturated rings. The molecule has 1 aromatic carbocycles. The molecule has 164 valence electrons. The number of hydrogen-bond donors (Lipinski definition) is 1. The molecule has 9 nitrogen and oxygen atoms in total. The lowest BCUT2D eigenvalue weighted by atomic mass is 10.1. The highest BCUT2D eigenvalue weighted by molar-refractivity contribution is 5.96. The van der Waals surface area contributed by atoms with Crippen molar-refractivity contribution in [2.45, 2.75) is 26.7 Å². The second-order valence-electron chi connectivity index (χ2n) is 7.48. The van der Waals surface area contributed by atoms with Gasteiger partial charge in [-0.3, -0.25) is 14.3 Å². The summed E-state index contributed by atoms with van der Waals surface area (Å²) in [5.74, 6) is 0.844.